The van der Waals surface area contributed by atoms with Gasteiger partial charge in [0.25, 0.3) is 0 Å². The van der Waals surface area contributed by atoms with Crippen LogP contribution in [0.3, 0.4) is 0 Å². The van der Waals surface area contributed by atoms with Gasteiger partial charge in [-0.15, -0.1) is 5.10 Å². The third-order valence-corrected chi connectivity index (χ3v) is 4.95. The molecule has 0 spiro atoms. The molecule has 134 valence electrons. The third kappa shape index (κ3) is 3.84. The van der Waals surface area contributed by atoms with Gasteiger partial charge in [0.05, 0.1) is 25.9 Å². The average Bonchev–Trinajstić information content (AvgIpc) is 3.13. The number of anilines is 1. The maximum atomic E-state index is 10.1. The number of aromatic nitrogens is 2. The molecule has 2 aromatic rings. The highest BCUT2D eigenvalue weighted by Gasteiger charge is 2.30. The van der Waals surface area contributed by atoms with E-state index in [1.165, 1.54) is 5.56 Å². The van der Waals surface area contributed by atoms with Crippen LogP contribution in [0.4, 0.5) is 6.01 Å². The Kier molecular flexibility index (Phi) is 4.96. The lowest BCUT2D eigenvalue weighted by Crippen LogP contribution is -2.38. The van der Waals surface area contributed by atoms with E-state index in [0.29, 0.717) is 31.7 Å². The zero-order valence-corrected chi connectivity index (χ0v) is 14.3. The zero-order chi connectivity index (χ0) is 17.1. The molecule has 0 radical (unpaired) electrons. The van der Waals surface area contributed by atoms with E-state index in [1.54, 1.807) is 0 Å². The first-order valence-electron chi connectivity index (χ1n) is 8.92. The van der Waals surface area contributed by atoms with Gasteiger partial charge in [-0.3, -0.25) is 4.90 Å². The molecule has 0 saturated carbocycles. The van der Waals surface area contributed by atoms with E-state index in [9.17, 15) is 5.11 Å². The van der Waals surface area contributed by atoms with Crippen LogP contribution in [-0.4, -0.2) is 59.2 Å². The van der Waals surface area contributed by atoms with E-state index in [2.05, 4.69) is 32.1 Å². The van der Waals surface area contributed by atoms with Crippen molar-refractivity contribution in [1.29, 1.82) is 0 Å². The SMILES string of the molecule is O[C@@H]1CCN(Cc2nnc(N3CCOCC3)o2)[C@H](c2ccccc2)C1. The molecule has 0 aliphatic carbocycles. The van der Waals surface area contributed by atoms with Crippen LogP contribution in [-0.2, 0) is 11.3 Å². The van der Waals surface area contributed by atoms with Crippen molar-refractivity contribution in [2.75, 3.05) is 37.7 Å². The fourth-order valence-corrected chi connectivity index (χ4v) is 3.57. The van der Waals surface area contributed by atoms with Crippen LogP contribution in [0.2, 0.25) is 0 Å². The largest absolute Gasteiger partial charge is 0.407 e. The van der Waals surface area contributed by atoms with Crippen molar-refractivity contribution in [2.24, 2.45) is 0 Å². The van der Waals surface area contributed by atoms with E-state index in [4.69, 9.17) is 9.15 Å². The van der Waals surface area contributed by atoms with Crippen LogP contribution >= 0.6 is 0 Å². The van der Waals surface area contributed by atoms with Crippen molar-refractivity contribution in [3.8, 4) is 0 Å². The number of aliphatic hydroxyl groups excluding tert-OH is 1. The minimum Gasteiger partial charge on any atom is -0.407 e. The van der Waals surface area contributed by atoms with Gasteiger partial charge < -0.3 is 19.2 Å². The van der Waals surface area contributed by atoms with Crippen LogP contribution in [0.1, 0.15) is 30.3 Å². The molecule has 25 heavy (non-hydrogen) atoms. The number of aliphatic hydroxyl groups is 1. The highest BCUT2D eigenvalue weighted by atomic mass is 16.5. The second kappa shape index (κ2) is 7.51. The number of hydrogen-bond donors (Lipinski definition) is 1. The maximum Gasteiger partial charge on any atom is 0.318 e. The van der Waals surface area contributed by atoms with Gasteiger partial charge in [0.1, 0.15) is 0 Å². The summed E-state index contributed by atoms with van der Waals surface area (Å²) in [5.41, 5.74) is 1.22. The Balaban J connectivity index is 1.47. The molecule has 2 fully saturated rings. The van der Waals surface area contributed by atoms with Gasteiger partial charge in [-0.1, -0.05) is 35.4 Å². The predicted molar refractivity (Wildman–Crippen MR) is 92.2 cm³/mol. The molecule has 2 aliphatic rings. The minimum absolute atomic E-state index is 0.170. The second-order valence-corrected chi connectivity index (χ2v) is 6.65. The highest BCUT2D eigenvalue weighted by molar-refractivity contribution is 5.24. The molecule has 7 heteroatoms. The van der Waals surface area contributed by atoms with E-state index in [-0.39, 0.29) is 12.1 Å². The lowest BCUT2D eigenvalue weighted by molar-refractivity contribution is 0.0320. The van der Waals surface area contributed by atoms with Crippen LogP contribution in [0, 0.1) is 0 Å². The lowest BCUT2D eigenvalue weighted by atomic mass is 9.93. The first kappa shape index (κ1) is 16.5. The predicted octanol–water partition coefficient (Wildman–Crippen LogP) is 1.60. The summed E-state index contributed by atoms with van der Waals surface area (Å²) in [5, 5.41) is 18.5. The van der Waals surface area contributed by atoms with Gasteiger partial charge >= 0.3 is 6.01 Å². The fourth-order valence-electron chi connectivity index (χ4n) is 3.57. The number of nitrogens with zero attached hydrogens (tertiary/aromatic N) is 4. The number of likely N-dealkylation sites (tertiary alicyclic amines) is 1. The molecule has 1 aromatic heterocycles. The quantitative estimate of drug-likeness (QED) is 0.903. The molecule has 2 aliphatic heterocycles. The molecule has 4 rings (SSSR count). The number of benzene rings is 1. The summed E-state index contributed by atoms with van der Waals surface area (Å²) >= 11 is 0. The van der Waals surface area contributed by atoms with Crippen LogP contribution in [0.15, 0.2) is 34.7 Å². The van der Waals surface area contributed by atoms with Crippen LogP contribution in [0.25, 0.3) is 0 Å². The van der Waals surface area contributed by atoms with E-state index in [1.807, 2.05) is 18.2 Å². The van der Waals surface area contributed by atoms with Gasteiger partial charge in [0.2, 0.25) is 5.89 Å². The molecular formula is C18H24N4O3. The summed E-state index contributed by atoms with van der Waals surface area (Å²) < 4.78 is 11.2. The minimum atomic E-state index is -0.256. The number of morpholine rings is 1. The average molecular weight is 344 g/mol. The summed E-state index contributed by atoms with van der Waals surface area (Å²) in [6.07, 6.45) is 1.25. The molecule has 0 bridgehead atoms. The number of ether oxygens (including phenoxy) is 1. The maximum absolute atomic E-state index is 10.1. The van der Waals surface area contributed by atoms with E-state index < -0.39 is 0 Å². The molecule has 3 heterocycles. The van der Waals surface area contributed by atoms with E-state index >= 15 is 0 Å². The summed E-state index contributed by atoms with van der Waals surface area (Å²) in [5.74, 6) is 0.624. The molecular weight excluding hydrogens is 320 g/mol. The third-order valence-electron chi connectivity index (χ3n) is 4.95. The fraction of sp³-hybridized carbons (Fsp3) is 0.556. The van der Waals surface area contributed by atoms with Crippen molar-refractivity contribution >= 4 is 6.01 Å². The van der Waals surface area contributed by atoms with Crippen molar-refractivity contribution in [2.45, 2.75) is 31.5 Å². The molecule has 0 unspecified atom stereocenters. The Morgan fingerprint density at radius 2 is 1.88 bits per heavy atom. The molecule has 2 saturated heterocycles. The molecule has 2 atom stereocenters. The molecule has 7 nitrogen and oxygen atoms in total. The van der Waals surface area contributed by atoms with Crippen LogP contribution in [0.5, 0.6) is 0 Å². The van der Waals surface area contributed by atoms with Crippen molar-refractivity contribution in [1.82, 2.24) is 15.1 Å². The summed E-state index contributed by atoms with van der Waals surface area (Å²) in [6, 6.07) is 11.1. The smallest absolute Gasteiger partial charge is 0.318 e. The lowest BCUT2D eigenvalue weighted by Gasteiger charge is -2.37. The van der Waals surface area contributed by atoms with Crippen LogP contribution < -0.4 is 4.90 Å². The molecule has 0 amide bonds. The Morgan fingerprint density at radius 1 is 1.08 bits per heavy atom. The van der Waals surface area contributed by atoms with E-state index in [0.717, 1.165) is 32.5 Å². The van der Waals surface area contributed by atoms with Gasteiger partial charge in [0, 0.05) is 25.7 Å². The first-order chi connectivity index (χ1) is 12.3. The Hall–Kier alpha value is -1.96. The van der Waals surface area contributed by atoms with Crippen molar-refractivity contribution in [3.63, 3.8) is 0 Å². The number of hydrogen-bond acceptors (Lipinski definition) is 7. The number of rotatable bonds is 4. The highest BCUT2D eigenvalue weighted by Crippen LogP contribution is 2.32. The van der Waals surface area contributed by atoms with Gasteiger partial charge in [-0.2, -0.15) is 0 Å². The standard InChI is InChI=1S/C18H24N4O3/c23-15-6-7-22(16(12-15)14-4-2-1-3-5-14)13-17-19-20-18(25-17)21-8-10-24-11-9-21/h1-5,15-16,23H,6-13H2/t15-,16+/m1/s1. The van der Waals surface area contributed by atoms with Crippen molar-refractivity contribution < 1.29 is 14.3 Å². The Morgan fingerprint density at radius 3 is 2.68 bits per heavy atom. The zero-order valence-electron chi connectivity index (χ0n) is 14.3. The Labute approximate surface area is 147 Å². The Bertz CT molecular complexity index is 672. The summed E-state index contributed by atoms with van der Waals surface area (Å²) in [6.45, 7) is 4.36. The summed E-state index contributed by atoms with van der Waals surface area (Å²) in [7, 11) is 0. The molecule has 1 N–H and O–H groups in total. The molecule has 1 aromatic carbocycles. The normalized spacial score (nSPS) is 25.2. The second-order valence-electron chi connectivity index (χ2n) is 6.65. The first-order valence-corrected chi connectivity index (χ1v) is 8.92. The summed E-state index contributed by atoms with van der Waals surface area (Å²) in [4.78, 5) is 4.38. The van der Waals surface area contributed by atoms with Gasteiger partial charge in [0.15, 0.2) is 0 Å². The number of piperidine rings is 1. The van der Waals surface area contributed by atoms with Gasteiger partial charge in [-0.25, -0.2) is 0 Å². The van der Waals surface area contributed by atoms with Gasteiger partial charge in [-0.05, 0) is 18.4 Å². The topological polar surface area (TPSA) is 74.9 Å². The van der Waals surface area contributed by atoms with Crippen molar-refractivity contribution in [3.05, 3.63) is 41.8 Å². The monoisotopic (exact) mass is 344 g/mol.